The topological polar surface area (TPSA) is 58.6 Å². The van der Waals surface area contributed by atoms with Crippen LogP contribution < -0.4 is 10.1 Å². The van der Waals surface area contributed by atoms with Crippen molar-refractivity contribution in [3.05, 3.63) is 65.7 Å². The van der Waals surface area contributed by atoms with E-state index in [0.29, 0.717) is 18.7 Å². The molecule has 2 aromatic rings. The van der Waals surface area contributed by atoms with Gasteiger partial charge in [-0.3, -0.25) is 14.5 Å². The number of rotatable bonds is 11. The van der Waals surface area contributed by atoms with Crippen LogP contribution in [0.1, 0.15) is 61.0 Å². The number of ketones is 1. The summed E-state index contributed by atoms with van der Waals surface area (Å²) >= 11 is 0. The monoisotopic (exact) mass is 408 g/mol. The van der Waals surface area contributed by atoms with Gasteiger partial charge in [-0.15, -0.1) is 0 Å². The zero-order chi connectivity index (χ0) is 21.2. The Morgan fingerprint density at radius 2 is 1.70 bits per heavy atom. The Morgan fingerprint density at radius 1 is 1.00 bits per heavy atom. The molecule has 0 radical (unpaired) electrons. The Bertz CT molecular complexity index is 799. The number of carbonyl (C=O) groups excluding carboxylic acids is 2. The number of ether oxygens (including phenoxy) is 1. The number of carbonyl (C=O) groups is 2. The molecular formula is C25H32N2O3. The number of hydrogen-bond acceptors (Lipinski definition) is 4. The van der Waals surface area contributed by atoms with Crippen LogP contribution in [0.3, 0.4) is 0 Å². The van der Waals surface area contributed by atoms with E-state index in [-0.39, 0.29) is 30.6 Å². The molecule has 1 atom stereocenters. The largest absolute Gasteiger partial charge is 0.494 e. The fourth-order valence-electron chi connectivity index (χ4n) is 3.81. The molecule has 0 aromatic heterocycles. The van der Waals surface area contributed by atoms with Gasteiger partial charge in [0.2, 0.25) is 5.91 Å². The molecule has 1 aliphatic rings. The Morgan fingerprint density at radius 3 is 2.37 bits per heavy atom. The van der Waals surface area contributed by atoms with E-state index in [1.807, 2.05) is 30.3 Å². The number of nitrogens with zero attached hydrogens (tertiary/aromatic N) is 1. The van der Waals surface area contributed by atoms with Gasteiger partial charge < -0.3 is 10.1 Å². The molecule has 1 heterocycles. The van der Waals surface area contributed by atoms with Crippen LogP contribution >= 0.6 is 0 Å². The molecule has 2 aromatic carbocycles. The van der Waals surface area contributed by atoms with Crippen molar-refractivity contribution in [3.8, 4) is 5.75 Å². The zero-order valence-electron chi connectivity index (χ0n) is 17.8. The third kappa shape index (κ3) is 6.42. The quantitative estimate of drug-likeness (QED) is 0.560. The molecular weight excluding hydrogens is 376 g/mol. The first kappa shape index (κ1) is 22.0. The van der Waals surface area contributed by atoms with E-state index in [1.165, 1.54) is 18.4 Å². The number of amides is 1. The number of benzene rings is 2. The summed E-state index contributed by atoms with van der Waals surface area (Å²) in [7, 11) is 0. The Balaban J connectivity index is 1.47. The van der Waals surface area contributed by atoms with Gasteiger partial charge in [0.1, 0.15) is 5.75 Å². The number of Topliss-reactive ketones (excluding diaryl/α,β-unsaturated/α-hetero) is 1. The molecule has 1 N–H and O–H groups in total. The van der Waals surface area contributed by atoms with Crippen molar-refractivity contribution in [1.29, 1.82) is 0 Å². The maximum Gasteiger partial charge on any atom is 0.220 e. The highest BCUT2D eigenvalue weighted by molar-refractivity contribution is 5.98. The molecule has 0 aliphatic carbocycles. The lowest BCUT2D eigenvalue weighted by atomic mass is 10.0. The van der Waals surface area contributed by atoms with Gasteiger partial charge in [-0.2, -0.15) is 0 Å². The van der Waals surface area contributed by atoms with Gasteiger partial charge in [-0.05, 0) is 62.2 Å². The molecule has 0 spiro atoms. The van der Waals surface area contributed by atoms with Crippen LogP contribution in [-0.4, -0.2) is 42.8 Å². The van der Waals surface area contributed by atoms with Gasteiger partial charge in [0.05, 0.1) is 12.6 Å². The minimum atomic E-state index is -0.0774. The highest BCUT2D eigenvalue weighted by Gasteiger charge is 2.23. The van der Waals surface area contributed by atoms with Crippen LogP contribution in [-0.2, 0) is 4.79 Å². The summed E-state index contributed by atoms with van der Waals surface area (Å²) in [4.78, 5) is 27.2. The predicted octanol–water partition coefficient (Wildman–Crippen LogP) is 4.39. The molecule has 5 heteroatoms. The van der Waals surface area contributed by atoms with Crippen LogP contribution in [0.2, 0.25) is 0 Å². The van der Waals surface area contributed by atoms with Gasteiger partial charge in [0, 0.05) is 24.9 Å². The van der Waals surface area contributed by atoms with Crippen molar-refractivity contribution >= 4 is 11.7 Å². The molecule has 3 rings (SSSR count). The predicted molar refractivity (Wildman–Crippen MR) is 119 cm³/mol. The SMILES string of the molecule is CCCOc1ccc(C(=O)CCC(=O)NCC(c2ccccc2)N2CCCC2)cc1. The average Bonchev–Trinajstić information content (AvgIpc) is 3.32. The summed E-state index contributed by atoms with van der Waals surface area (Å²) in [5.41, 5.74) is 1.84. The molecule has 1 amide bonds. The van der Waals surface area contributed by atoms with Gasteiger partial charge in [0.25, 0.3) is 0 Å². The fraction of sp³-hybridized carbons (Fsp3) is 0.440. The standard InChI is InChI=1S/C25H32N2O3/c1-2-18-30-22-12-10-21(11-13-22)24(28)14-15-25(29)26-19-23(27-16-6-7-17-27)20-8-4-3-5-9-20/h3-5,8-13,23H,2,6-7,14-19H2,1H3,(H,26,29). The molecule has 5 nitrogen and oxygen atoms in total. The Hall–Kier alpha value is -2.66. The maximum absolute atomic E-state index is 12.4. The van der Waals surface area contributed by atoms with Crippen molar-refractivity contribution in [2.45, 2.75) is 45.1 Å². The second-order valence-corrected chi connectivity index (χ2v) is 7.77. The zero-order valence-corrected chi connectivity index (χ0v) is 17.8. The summed E-state index contributed by atoms with van der Waals surface area (Å²) in [6.45, 7) is 5.41. The molecule has 0 saturated carbocycles. The first-order chi connectivity index (χ1) is 14.7. The van der Waals surface area contributed by atoms with Crippen molar-refractivity contribution in [2.24, 2.45) is 0 Å². The highest BCUT2D eigenvalue weighted by Crippen LogP contribution is 2.24. The summed E-state index contributed by atoms with van der Waals surface area (Å²) in [6, 6.07) is 17.7. The minimum Gasteiger partial charge on any atom is -0.494 e. The van der Waals surface area contributed by atoms with E-state index in [0.717, 1.165) is 25.3 Å². The van der Waals surface area contributed by atoms with Crippen LogP contribution in [0.25, 0.3) is 0 Å². The lowest BCUT2D eigenvalue weighted by Crippen LogP contribution is -2.36. The third-order valence-corrected chi connectivity index (χ3v) is 5.49. The normalized spacial score (nSPS) is 15.0. The first-order valence-electron chi connectivity index (χ1n) is 11.0. The van der Waals surface area contributed by atoms with Gasteiger partial charge in [-0.25, -0.2) is 0 Å². The summed E-state index contributed by atoms with van der Waals surface area (Å²) in [6.07, 6.45) is 3.76. The summed E-state index contributed by atoms with van der Waals surface area (Å²) in [5, 5.41) is 3.04. The van der Waals surface area contributed by atoms with Crippen LogP contribution in [0.5, 0.6) is 5.75 Å². The first-order valence-corrected chi connectivity index (χ1v) is 11.0. The van der Waals surface area contributed by atoms with E-state index in [1.54, 1.807) is 12.1 Å². The third-order valence-electron chi connectivity index (χ3n) is 5.49. The van der Waals surface area contributed by atoms with E-state index in [4.69, 9.17) is 4.74 Å². The molecule has 1 fully saturated rings. The lowest BCUT2D eigenvalue weighted by Gasteiger charge is -2.28. The van der Waals surface area contributed by atoms with E-state index in [9.17, 15) is 9.59 Å². The van der Waals surface area contributed by atoms with Crippen LogP contribution in [0, 0.1) is 0 Å². The number of likely N-dealkylation sites (tertiary alicyclic amines) is 1. The number of hydrogen-bond donors (Lipinski definition) is 1. The molecule has 1 unspecified atom stereocenters. The Labute approximate surface area is 179 Å². The van der Waals surface area contributed by atoms with E-state index >= 15 is 0 Å². The molecule has 160 valence electrons. The molecule has 0 bridgehead atoms. The van der Waals surface area contributed by atoms with Gasteiger partial charge in [-0.1, -0.05) is 37.3 Å². The van der Waals surface area contributed by atoms with Gasteiger partial charge in [0.15, 0.2) is 5.78 Å². The van der Waals surface area contributed by atoms with E-state index in [2.05, 4.69) is 29.3 Å². The van der Waals surface area contributed by atoms with Crippen molar-refractivity contribution in [1.82, 2.24) is 10.2 Å². The molecule has 30 heavy (non-hydrogen) atoms. The Kier molecular flexibility index (Phi) is 8.45. The van der Waals surface area contributed by atoms with Gasteiger partial charge >= 0.3 is 0 Å². The highest BCUT2D eigenvalue weighted by atomic mass is 16.5. The van der Waals surface area contributed by atoms with Crippen LogP contribution in [0.4, 0.5) is 0 Å². The number of nitrogens with one attached hydrogen (secondary N) is 1. The fourth-order valence-corrected chi connectivity index (χ4v) is 3.81. The maximum atomic E-state index is 12.4. The van der Waals surface area contributed by atoms with E-state index < -0.39 is 0 Å². The lowest BCUT2D eigenvalue weighted by molar-refractivity contribution is -0.121. The second kappa shape index (κ2) is 11.5. The van der Waals surface area contributed by atoms with Crippen molar-refractivity contribution in [2.75, 3.05) is 26.2 Å². The summed E-state index contributed by atoms with van der Waals surface area (Å²) in [5.74, 6) is 0.665. The average molecular weight is 409 g/mol. The van der Waals surface area contributed by atoms with Crippen molar-refractivity contribution < 1.29 is 14.3 Å². The summed E-state index contributed by atoms with van der Waals surface area (Å²) < 4.78 is 5.54. The molecule has 1 saturated heterocycles. The molecule has 1 aliphatic heterocycles. The minimum absolute atomic E-state index is 0.0219. The second-order valence-electron chi connectivity index (χ2n) is 7.77. The van der Waals surface area contributed by atoms with Crippen molar-refractivity contribution in [3.63, 3.8) is 0 Å². The van der Waals surface area contributed by atoms with Crippen LogP contribution in [0.15, 0.2) is 54.6 Å². The smallest absolute Gasteiger partial charge is 0.220 e.